The second-order valence-electron chi connectivity index (χ2n) is 5.31. The van der Waals surface area contributed by atoms with Gasteiger partial charge in [0.15, 0.2) is 0 Å². The Bertz CT molecular complexity index is 707. The van der Waals surface area contributed by atoms with Crippen molar-refractivity contribution in [1.82, 2.24) is 9.97 Å². The van der Waals surface area contributed by atoms with Gasteiger partial charge in [0, 0.05) is 18.4 Å². The molecule has 0 atom stereocenters. The lowest BCUT2D eigenvalue weighted by Crippen LogP contribution is -2.21. The zero-order valence-corrected chi connectivity index (χ0v) is 14.0. The van der Waals surface area contributed by atoms with Crippen LogP contribution in [0.4, 0.5) is 29.2 Å². The monoisotopic (exact) mass is 357 g/mol. The second kappa shape index (κ2) is 8.13. The van der Waals surface area contributed by atoms with Gasteiger partial charge in [0.2, 0.25) is 11.8 Å². The van der Waals surface area contributed by atoms with Gasteiger partial charge < -0.3 is 9.64 Å². The van der Waals surface area contributed by atoms with Gasteiger partial charge in [-0.2, -0.15) is 18.2 Å². The van der Waals surface area contributed by atoms with Crippen molar-refractivity contribution in [2.75, 3.05) is 18.1 Å². The molecule has 0 saturated carbocycles. The number of ether oxygens (including phenoxy) is 1. The average molecular weight is 357 g/mol. The first-order chi connectivity index (χ1) is 11.9. The van der Waals surface area contributed by atoms with Crippen LogP contribution in [0.15, 0.2) is 30.5 Å². The summed E-state index contributed by atoms with van der Waals surface area (Å²) in [6.07, 6.45) is -2.52. The molecule has 1 heterocycles. The van der Waals surface area contributed by atoms with Crippen molar-refractivity contribution in [3.05, 3.63) is 41.8 Å². The summed E-state index contributed by atoms with van der Waals surface area (Å²) in [6.45, 7) is 4.15. The summed E-state index contributed by atoms with van der Waals surface area (Å²) in [7, 11) is 0. The van der Waals surface area contributed by atoms with Gasteiger partial charge in [0.25, 0.3) is 0 Å². The largest absolute Gasteiger partial charge is 0.477 e. The lowest BCUT2D eigenvalue weighted by atomic mass is 10.3. The zero-order valence-electron chi connectivity index (χ0n) is 14.0. The Kier molecular flexibility index (Phi) is 6.17. The molecule has 1 aromatic heterocycles. The first-order valence-corrected chi connectivity index (χ1v) is 7.97. The van der Waals surface area contributed by atoms with Gasteiger partial charge in [-0.1, -0.05) is 19.4 Å². The van der Waals surface area contributed by atoms with Gasteiger partial charge in [-0.05, 0) is 31.5 Å². The van der Waals surface area contributed by atoms with E-state index in [2.05, 4.69) is 9.97 Å². The fourth-order valence-electron chi connectivity index (χ4n) is 2.19. The lowest BCUT2D eigenvalue weighted by molar-refractivity contribution is -0.139. The Morgan fingerprint density at radius 3 is 2.56 bits per heavy atom. The molecular formula is C17H19F4N3O. The Morgan fingerprint density at radius 1 is 1.20 bits per heavy atom. The third-order valence-electron chi connectivity index (χ3n) is 3.46. The number of rotatable bonds is 7. The van der Waals surface area contributed by atoms with Crippen LogP contribution >= 0.6 is 0 Å². The van der Waals surface area contributed by atoms with E-state index >= 15 is 0 Å². The fourth-order valence-corrected chi connectivity index (χ4v) is 2.19. The Hall–Kier alpha value is -2.38. The van der Waals surface area contributed by atoms with E-state index in [1.165, 1.54) is 23.1 Å². The molecule has 0 spiro atoms. The highest BCUT2D eigenvalue weighted by Crippen LogP contribution is 2.36. The van der Waals surface area contributed by atoms with Crippen LogP contribution in [0.5, 0.6) is 5.88 Å². The Morgan fingerprint density at radius 2 is 1.96 bits per heavy atom. The highest BCUT2D eigenvalue weighted by molar-refractivity contribution is 5.57. The highest BCUT2D eigenvalue weighted by Gasteiger charge is 2.36. The topological polar surface area (TPSA) is 38.2 Å². The van der Waals surface area contributed by atoms with Gasteiger partial charge in [-0.25, -0.2) is 9.37 Å². The predicted octanol–water partition coefficient (Wildman–Crippen LogP) is 4.97. The van der Waals surface area contributed by atoms with Crippen LogP contribution in [0.1, 0.15) is 32.3 Å². The number of nitrogens with zero attached hydrogens (tertiary/aromatic N) is 3. The average Bonchev–Trinajstić information content (AvgIpc) is 2.55. The minimum absolute atomic E-state index is 0.0209. The number of hydrogen-bond acceptors (Lipinski definition) is 4. The summed E-state index contributed by atoms with van der Waals surface area (Å²) in [5.41, 5.74) is -0.579. The maximum Gasteiger partial charge on any atom is 0.423 e. The minimum Gasteiger partial charge on any atom is -0.477 e. The molecule has 0 unspecified atom stereocenters. The minimum atomic E-state index is -4.62. The van der Waals surface area contributed by atoms with Crippen molar-refractivity contribution in [2.24, 2.45) is 0 Å². The normalized spacial score (nSPS) is 11.4. The van der Waals surface area contributed by atoms with E-state index in [9.17, 15) is 17.6 Å². The molecule has 136 valence electrons. The van der Waals surface area contributed by atoms with Gasteiger partial charge >= 0.3 is 6.18 Å². The predicted molar refractivity (Wildman–Crippen MR) is 86.5 cm³/mol. The molecule has 0 aliphatic rings. The molecular weight excluding hydrogens is 338 g/mol. The van der Waals surface area contributed by atoms with E-state index in [1.807, 2.05) is 6.92 Å². The summed E-state index contributed by atoms with van der Waals surface area (Å²) >= 11 is 0. The first-order valence-electron chi connectivity index (χ1n) is 7.97. The molecule has 0 radical (unpaired) electrons. The van der Waals surface area contributed by atoms with Crippen LogP contribution in [-0.4, -0.2) is 23.1 Å². The number of benzene rings is 1. The molecule has 0 amide bonds. The molecule has 0 N–H and O–H groups in total. The summed E-state index contributed by atoms with van der Waals surface area (Å²) in [5, 5.41) is 0. The number of hydrogen-bond donors (Lipinski definition) is 0. The summed E-state index contributed by atoms with van der Waals surface area (Å²) in [5.74, 6) is -0.948. The standard InChI is InChI=1S/C17H19F4N3O/c1-3-5-9-25-15-14(17(19,20)21)11-22-16(23-15)24(4-2)13-8-6-7-12(18)10-13/h6-8,10-11H,3-5,9H2,1-2H3. The third kappa shape index (κ3) is 4.80. The molecule has 0 aliphatic carbocycles. The van der Waals surface area contributed by atoms with Gasteiger partial charge in [-0.15, -0.1) is 0 Å². The van der Waals surface area contributed by atoms with Crippen molar-refractivity contribution < 1.29 is 22.3 Å². The van der Waals surface area contributed by atoms with Gasteiger partial charge in [-0.3, -0.25) is 0 Å². The van der Waals surface area contributed by atoms with Crippen LogP contribution in [0.2, 0.25) is 0 Å². The molecule has 25 heavy (non-hydrogen) atoms. The van der Waals surface area contributed by atoms with Crippen LogP contribution in [-0.2, 0) is 6.18 Å². The third-order valence-corrected chi connectivity index (χ3v) is 3.46. The number of unbranched alkanes of at least 4 members (excludes halogenated alkanes) is 1. The van der Waals surface area contributed by atoms with Crippen molar-refractivity contribution in [3.8, 4) is 5.88 Å². The Labute approximate surface area is 143 Å². The number of aromatic nitrogens is 2. The van der Waals surface area contributed by atoms with Crippen LogP contribution in [0.3, 0.4) is 0 Å². The van der Waals surface area contributed by atoms with Crippen molar-refractivity contribution in [2.45, 2.75) is 32.9 Å². The van der Waals surface area contributed by atoms with E-state index < -0.39 is 23.4 Å². The van der Waals surface area contributed by atoms with Crippen LogP contribution < -0.4 is 9.64 Å². The van der Waals surface area contributed by atoms with E-state index in [-0.39, 0.29) is 12.6 Å². The second-order valence-corrected chi connectivity index (χ2v) is 5.31. The summed E-state index contributed by atoms with van der Waals surface area (Å²) < 4.78 is 58.0. The maximum absolute atomic E-state index is 13.4. The van der Waals surface area contributed by atoms with Gasteiger partial charge in [0.05, 0.1) is 6.61 Å². The SMILES string of the molecule is CCCCOc1nc(N(CC)c2cccc(F)c2)ncc1C(F)(F)F. The quantitative estimate of drug-likeness (QED) is 0.518. The van der Waals surface area contributed by atoms with Gasteiger partial charge in [0.1, 0.15) is 11.4 Å². The molecule has 1 aromatic carbocycles. The number of halogens is 4. The zero-order chi connectivity index (χ0) is 18.4. The summed E-state index contributed by atoms with van der Waals surface area (Å²) in [4.78, 5) is 9.25. The summed E-state index contributed by atoms with van der Waals surface area (Å²) in [6, 6.07) is 5.69. The maximum atomic E-state index is 13.4. The van der Waals surface area contributed by atoms with Crippen molar-refractivity contribution >= 4 is 11.6 Å². The molecule has 0 fully saturated rings. The molecule has 2 aromatic rings. The first kappa shape index (κ1) is 19.0. The molecule has 8 heteroatoms. The molecule has 0 aliphatic heterocycles. The van der Waals surface area contributed by atoms with E-state index in [0.717, 1.165) is 6.42 Å². The van der Waals surface area contributed by atoms with Crippen molar-refractivity contribution in [3.63, 3.8) is 0 Å². The number of anilines is 2. The van der Waals surface area contributed by atoms with Crippen LogP contribution in [0.25, 0.3) is 0 Å². The molecule has 2 rings (SSSR count). The smallest absolute Gasteiger partial charge is 0.423 e. The fraction of sp³-hybridized carbons (Fsp3) is 0.412. The molecule has 0 bridgehead atoms. The molecule has 0 saturated heterocycles. The van der Waals surface area contributed by atoms with E-state index in [0.29, 0.717) is 24.8 Å². The molecule has 4 nitrogen and oxygen atoms in total. The lowest BCUT2D eigenvalue weighted by Gasteiger charge is -2.22. The van der Waals surface area contributed by atoms with Crippen molar-refractivity contribution in [1.29, 1.82) is 0 Å². The van der Waals surface area contributed by atoms with E-state index in [1.54, 1.807) is 13.0 Å². The highest BCUT2D eigenvalue weighted by atomic mass is 19.4. The van der Waals surface area contributed by atoms with Crippen LogP contribution in [0, 0.1) is 5.82 Å². The number of alkyl halides is 3. The Balaban J connectivity index is 2.41. The van der Waals surface area contributed by atoms with E-state index in [4.69, 9.17) is 4.74 Å².